The van der Waals surface area contributed by atoms with E-state index in [2.05, 4.69) is 9.88 Å². The molecule has 0 aliphatic carbocycles. The van der Waals surface area contributed by atoms with Gasteiger partial charge in [0.2, 0.25) is 0 Å². The number of amides is 1. The van der Waals surface area contributed by atoms with Gasteiger partial charge in [-0.2, -0.15) is 0 Å². The highest BCUT2D eigenvalue weighted by Gasteiger charge is 2.26. The van der Waals surface area contributed by atoms with E-state index in [1.54, 1.807) is 13.3 Å². The molecule has 0 unspecified atom stereocenters. The van der Waals surface area contributed by atoms with Crippen molar-refractivity contribution in [1.29, 1.82) is 0 Å². The number of carbonyl (C=O) groups is 1. The maximum absolute atomic E-state index is 13.1. The minimum absolute atomic E-state index is 0.0469. The average Bonchev–Trinajstić information content (AvgIpc) is 2.91. The molecule has 0 saturated carbocycles. The number of rotatable bonds is 9. The SMILES string of the molecule is COc1cccc(CO[C@H](CN2CCN(C(=O)c3cccnc3SC)CC2)c2ccc(Cl)cc2)c1. The summed E-state index contributed by atoms with van der Waals surface area (Å²) >= 11 is 7.62. The molecule has 1 aliphatic heterocycles. The summed E-state index contributed by atoms with van der Waals surface area (Å²) in [6, 6.07) is 19.4. The number of hydrogen-bond acceptors (Lipinski definition) is 6. The molecule has 0 spiro atoms. The monoisotopic (exact) mass is 511 g/mol. The second-order valence-corrected chi connectivity index (χ2v) is 9.59. The molecule has 2 aromatic carbocycles. The number of ether oxygens (including phenoxy) is 2. The number of benzene rings is 2. The summed E-state index contributed by atoms with van der Waals surface area (Å²) in [5.41, 5.74) is 2.81. The normalized spacial score (nSPS) is 15.1. The molecule has 184 valence electrons. The van der Waals surface area contributed by atoms with Gasteiger partial charge in [-0.25, -0.2) is 4.98 Å². The smallest absolute Gasteiger partial charge is 0.256 e. The lowest BCUT2D eigenvalue weighted by molar-refractivity contribution is 0.00333. The van der Waals surface area contributed by atoms with Crippen LogP contribution in [0.5, 0.6) is 5.75 Å². The van der Waals surface area contributed by atoms with Crippen LogP contribution >= 0.6 is 23.4 Å². The molecule has 1 aliphatic rings. The fraction of sp³-hybridized carbons (Fsp3) is 0.333. The number of hydrogen-bond donors (Lipinski definition) is 0. The first-order valence-corrected chi connectivity index (χ1v) is 13.2. The topological polar surface area (TPSA) is 54.9 Å². The van der Waals surface area contributed by atoms with Crippen molar-refractivity contribution in [1.82, 2.24) is 14.8 Å². The van der Waals surface area contributed by atoms with E-state index in [4.69, 9.17) is 21.1 Å². The summed E-state index contributed by atoms with van der Waals surface area (Å²) in [4.78, 5) is 21.7. The number of thioether (sulfide) groups is 1. The molecule has 0 bridgehead atoms. The molecule has 35 heavy (non-hydrogen) atoms. The molecule has 1 fully saturated rings. The maximum Gasteiger partial charge on any atom is 0.256 e. The van der Waals surface area contributed by atoms with E-state index in [1.807, 2.05) is 71.8 Å². The van der Waals surface area contributed by atoms with Gasteiger partial charge in [0.15, 0.2) is 0 Å². The standard InChI is InChI=1S/C27H30ClN3O3S/c1-33-23-6-3-5-20(17-23)19-34-25(21-8-10-22(28)11-9-21)18-30-13-15-31(16-14-30)27(32)24-7-4-12-29-26(24)35-2/h3-12,17,25H,13-16,18-19H2,1-2H3/t25-/m1/s1. The molecule has 0 radical (unpaired) electrons. The second-order valence-electron chi connectivity index (χ2n) is 8.36. The predicted octanol–water partition coefficient (Wildman–Crippen LogP) is 5.18. The number of piperazine rings is 1. The third-order valence-electron chi connectivity index (χ3n) is 6.11. The molecule has 3 aromatic rings. The lowest BCUT2D eigenvalue weighted by Gasteiger charge is -2.36. The Bertz CT molecular complexity index is 1120. The summed E-state index contributed by atoms with van der Waals surface area (Å²) in [5.74, 6) is 0.860. The van der Waals surface area contributed by atoms with Crippen molar-refractivity contribution >= 4 is 29.3 Å². The van der Waals surface area contributed by atoms with Crippen LogP contribution < -0.4 is 4.74 Å². The van der Waals surface area contributed by atoms with Crippen molar-refractivity contribution in [3.63, 3.8) is 0 Å². The van der Waals surface area contributed by atoms with Crippen LogP contribution in [0.3, 0.4) is 0 Å². The summed E-state index contributed by atoms with van der Waals surface area (Å²) in [5, 5.41) is 1.47. The van der Waals surface area contributed by atoms with Gasteiger partial charge in [-0.05, 0) is 53.8 Å². The predicted molar refractivity (Wildman–Crippen MR) is 140 cm³/mol. The Morgan fingerprint density at radius 3 is 2.57 bits per heavy atom. The molecular formula is C27H30ClN3O3S. The number of pyridine rings is 1. The molecule has 2 heterocycles. The van der Waals surface area contributed by atoms with Crippen LogP contribution in [0, 0.1) is 0 Å². The first kappa shape index (κ1) is 25.5. The number of methoxy groups -OCH3 is 1. The quantitative estimate of drug-likeness (QED) is 0.369. The summed E-state index contributed by atoms with van der Waals surface area (Å²) < 4.78 is 11.7. The minimum Gasteiger partial charge on any atom is -0.497 e. The lowest BCUT2D eigenvalue weighted by Crippen LogP contribution is -2.49. The van der Waals surface area contributed by atoms with E-state index in [-0.39, 0.29) is 12.0 Å². The summed E-state index contributed by atoms with van der Waals surface area (Å²) in [7, 11) is 1.66. The Morgan fingerprint density at radius 2 is 1.86 bits per heavy atom. The lowest BCUT2D eigenvalue weighted by atomic mass is 10.1. The van der Waals surface area contributed by atoms with E-state index in [0.717, 1.165) is 41.5 Å². The molecule has 6 nitrogen and oxygen atoms in total. The van der Waals surface area contributed by atoms with Crippen LogP contribution in [-0.4, -0.2) is 66.8 Å². The van der Waals surface area contributed by atoms with Crippen molar-refractivity contribution in [2.24, 2.45) is 0 Å². The van der Waals surface area contributed by atoms with Gasteiger partial charge < -0.3 is 14.4 Å². The highest BCUT2D eigenvalue weighted by Crippen LogP contribution is 2.25. The van der Waals surface area contributed by atoms with Gasteiger partial charge >= 0.3 is 0 Å². The third-order valence-corrected chi connectivity index (χ3v) is 7.07. The fourth-order valence-corrected chi connectivity index (χ4v) is 4.81. The first-order valence-electron chi connectivity index (χ1n) is 11.6. The van der Waals surface area contributed by atoms with Gasteiger partial charge in [0.25, 0.3) is 5.91 Å². The van der Waals surface area contributed by atoms with Crippen molar-refractivity contribution in [2.75, 3.05) is 46.1 Å². The highest BCUT2D eigenvalue weighted by molar-refractivity contribution is 7.98. The van der Waals surface area contributed by atoms with E-state index < -0.39 is 0 Å². The Balaban J connectivity index is 1.40. The zero-order valence-corrected chi connectivity index (χ0v) is 21.6. The number of carbonyl (C=O) groups excluding carboxylic acids is 1. The average molecular weight is 512 g/mol. The second kappa shape index (κ2) is 12.4. The fourth-order valence-electron chi connectivity index (χ4n) is 4.15. The Kier molecular flexibility index (Phi) is 9.04. The van der Waals surface area contributed by atoms with Gasteiger partial charge in [0, 0.05) is 43.9 Å². The molecule has 0 N–H and O–H groups in total. The van der Waals surface area contributed by atoms with Gasteiger partial charge in [0.1, 0.15) is 10.8 Å². The number of nitrogens with zero attached hydrogens (tertiary/aromatic N) is 3. The van der Waals surface area contributed by atoms with Crippen LogP contribution in [-0.2, 0) is 11.3 Å². The van der Waals surface area contributed by atoms with Gasteiger partial charge in [-0.1, -0.05) is 35.9 Å². The molecule has 4 rings (SSSR count). The maximum atomic E-state index is 13.1. The van der Waals surface area contributed by atoms with Gasteiger partial charge in [-0.15, -0.1) is 11.8 Å². The van der Waals surface area contributed by atoms with Crippen LogP contribution in [0.25, 0.3) is 0 Å². The molecule has 1 aromatic heterocycles. The van der Waals surface area contributed by atoms with E-state index in [1.165, 1.54) is 11.8 Å². The largest absolute Gasteiger partial charge is 0.497 e. The summed E-state index contributed by atoms with van der Waals surface area (Å²) in [6.45, 7) is 4.12. The molecule has 1 saturated heterocycles. The van der Waals surface area contributed by atoms with Crippen LogP contribution in [0.15, 0.2) is 71.9 Å². The van der Waals surface area contributed by atoms with Crippen molar-refractivity contribution in [3.8, 4) is 5.75 Å². The Hall–Kier alpha value is -2.58. The van der Waals surface area contributed by atoms with E-state index in [0.29, 0.717) is 30.3 Å². The molecule has 1 atom stereocenters. The molecule has 1 amide bonds. The zero-order valence-electron chi connectivity index (χ0n) is 20.0. The van der Waals surface area contributed by atoms with Gasteiger partial charge in [-0.3, -0.25) is 9.69 Å². The van der Waals surface area contributed by atoms with Gasteiger partial charge in [0.05, 0.1) is 25.4 Å². The zero-order chi connectivity index (χ0) is 24.6. The van der Waals surface area contributed by atoms with Crippen LogP contribution in [0.2, 0.25) is 5.02 Å². The Morgan fingerprint density at radius 1 is 1.09 bits per heavy atom. The van der Waals surface area contributed by atoms with E-state index >= 15 is 0 Å². The third kappa shape index (κ3) is 6.76. The van der Waals surface area contributed by atoms with Crippen molar-refractivity contribution in [3.05, 3.63) is 88.6 Å². The highest BCUT2D eigenvalue weighted by atomic mass is 35.5. The summed E-state index contributed by atoms with van der Waals surface area (Å²) in [6.07, 6.45) is 3.55. The van der Waals surface area contributed by atoms with Crippen molar-refractivity contribution < 1.29 is 14.3 Å². The van der Waals surface area contributed by atoms with Crippen LogP contribution in [0.1, 0.15) is 27.6 Å². The molecular weight excluding hydrogens is 482 g/mol. The minimum atomic E-state index is -0.123. The number of aromatic nitrogens is 1. The Labute approximate surface area is 216 Å². The van der Waals surface area contributed by atoms with Crippen LogP contribution in [0.4, 0.5) is 0 Å². The van der Waals surface area contributed by atoms with E-state index in [9.17, 15) is 4.79 Å². The number of halogens is 1. The van der Waals surface area contributed by atoms with Crippen molar-refractivity contribution in [2.45, 2.75) is 17.7 Å². The molecule has 8 heteroatoms. The first-order chi connectivity index (χ1) is 17.1.